The van der Waals surface area contributed by atoms with Crippen LogP contribution in [0.3, 0.4) is 0 Å². The Morgan fingerprint density at radius 3 is 2.37 bits per heavy atom. The molecule has 1 aromatic rings. The number of benzene rings is 1. The summed E-state index contributed by atoms with van der Waals surface area (Å²) in [5.74, 6) is 0.233. The molecule has 0 aromatic heterocycles. The number of alkyl halides is 3. The molecule has 0 spiro atoms. The predicted molar refractivity (Wildman–Crippen MR) is 69.2 cm³/mol. The van der Waals surface area contributed by atoms with Gasteiger partial charge in [-0.25, -0.2) is 0 Å². The molecule has 0 aliphatic carbocycles. The minimum absolute atomic E-state index is 0.169. The van der Waals surface area contributed by atoms with Crippen LogP contribution in [-0.4, -0.2) is 23.9 Å². The Morgan fingerprint density at radius 2 is 1.79 bits per heavy atom. The molecule has 5 heteroatoms. The molecule has 0 bridgehead atoms. The predicted octanol–water partition coefficient (Wildman–Crippen LogP) is 3.65. The molecule has 0 radical (unpaired) electrons. The van der Waals surface area contributed by atoms with Crippen molar-refractivity contribution in [2.75, 3.05) is 6.54 Å². The molecular formula is C14H20F3NO. The molecule has 0 aliphatic rings. The Balaban J connectivity index is 2.14. The van der Waals surface area contributed by atoms with E-state index in [9.17, 15) is 13.2 Å². The quantitative estimate of drug-likeness (QED) is 0.744. The SMILES string of the molecule is CC(Cc1ccc(O)cc1)NCCCCC(F)(F)F. The standard InChI is InChI=1S/C14H20F3NO/c1-11(10-12-4-6-13(19)7-5-12)18-9-3-2-8-14(15,16)17/h4-7,11,18-19H,2-3,8-10H2,1H3. The van der Waals surface area contributed by atoms with Gasteiger partial charge in [0.05, 0.1) is 0 Å². The molecule has 2 N–H and O–H groups in total. The van der Waals surface area contributed by atoms with E-state index < -0.39 is 12.6 Å². The van der Waals surface area contributed by atoms with E-state index in [0.29, 0.717) is 13.0 Å². The maximum atomic E-state index is 11.9. The first-order chi connectivity index (χ1) is 8.87. The second-order valence-corrected chi connectivity index (χ2v) is 4.80. The van der Waals surface area contributed by atoms with Gasteiger partial charge in [-0.2, -0.15) is 13.2 Å². The van der Waals surface area contributed by atoms with Gasteiger partial charge < -0.3 is 10.4 Å². The van der Waals surface area contributed by atoms with Gasteiger partial charge in [-0.05, 0) is 50.4 Å². The number of rotatable bonds is 7. The molecule has 0 fully saturated rings. The zero-order valence-electron chi connectivity index (χ0n) is 11.0. The molecule has 0 saturated heterocycles. The van der Waals surface area contributed by atoms with E-state index in [1.807, 2.05) is 19.1 Å². The monoisotopic (exact) mass is 275 g/mol. The van der Waals surface area contributed by atoms with Crippen LogP contribution >= 0.6 is 0 Å². The summed E-state index contributed by atoms with van der Waals surface area (Å²) in [6.07, 6.45) is -3.26. The van der Waals surface area contributed by atoms with E-state index in [2.05, 4.69) is 5.32 Å². The number of aromatic hydroxyl groups is 1. The third kappa shape index (κ3) is 7.72. The van der Waals surface area contributed by atoms with Crippen molar-refractivity contribution in [2.45, 2.75) is 44.8 Å². The largest absolute Gasteiger partial charge is 0.508 e. The highest BCUT2D eigenvalue weighted by atomic mass is 19.4. The van der Waals surface area contributed by atoms with Crippen molar-refractivity contribution >= 4 is 0 Å². The molecule has 1 aromatic carbocycles. The van der Waals surface area contributed by atoms with Gasteiger partial charge in [0.25, 0.3) is 0 Å². The number of phenols is 1. The maximum absolute atomic E-state index is 11.9. The van der Waals surface area contributed by atoms with Gasteiger partial charge >= 0.3 is 6.18 Å². The van der Waals surface area contributed by atoms with E-state index in [1.165, 1.54) is 0 Å². The summed E-state index contributed by atoms with van der Waals surface area (Å²) in [5.41, 5.74) is 1.09. The van der Waals surface area contributed by atoms with Gasteiger partial charge in [0.1, 0.15) is 5.75 Å². The molecule has 19 heavy (non-hydrogen) atoms. The van der Waals surface area contributed by atoms with Crippen LogP contribution in [0.2, 0.25) is 0 Å². The summed E-state index contributed by atoms with van der Waals surface area (Å²) in [6, 6.07) is 7.15. The first-order valence-electron chi connectivity index (χ1n) is 6.45. The highest BCUT2D eigenvalue weighted by Crippen LogP contribution is 2.21. The summed E-state index contributed by atoms with van der Waals surface area (Å²) >= 11 is 0. The first kappa shape index (κ1) is 15.8. The summed E-state index contributed by atoms with van der Waals surface area (Å²) in [4.78, 5) is 0. The van der Waals surface area contributed by atoms with Crippen molar-refractivity contribution < 1.29 is 18.3 Å². The minimum Gasteiger partial charge on any atom is -0.508 e. The Kier molecular flexibility index (Phi) is 6.15. The van der Waals surface area contributed by atoms with Gasteiger partial charge in [-0.1, -0.05) is 12.1 Å². The zero-order chi connectivity index (χ0) is 14.3. The smallest absolute Gasteiger partial charge is 0.389 e. The second-order valence-electron chi connectivity index (χ2n) is 4.80. The molecule has 0 amide bonds. The van der Waals surface area contributed by atoms with E-state index in [4.69, 9.17) is 5.11 Å². The van der Waals surface area contributed by atoms with Crippen LogP contribution in [0.1, 0.15) is 31.7 Å². The zero-order valence-corrected chi connectivity index (χ0v) is 11.0. The molecule has 108 valence electrons. The van der Waals surface area contributed by atoms with E-state index in [0.717, 1.165) is 12.0 Å². The van der Waals surface area contributed by atoms with E-state index in [1.54, 1.807) is 12.1 Å². The number of halogens is 3. The minimum atomic E-state index is -4.04. The average molecular weight is 275 g/mol. The Bertz CT molecular complexity index is 362. The number of nitrogens with one attached hydrogen (secondary N) is 1. The average Bonchev–Trinajstić information content (AvgIpc) is 2.30. The molecular weight excluding hydrogens is 255 g/mol. The van der Waals surface area contributed by atoms with Crippen molar-refractivity contribution in [1.29, 1.82) is 0 Å². The van der Waals surface area contributed by atoms with Gasteiger partial charge in [-0.15, -0.1) is 0 Å². The summed E-state index contributed by atoms with van der Waals surface area (Å²) in [6.45, 7) is 2.59. The maximum Gasteiger partial charge on any atom is 0.389 e. The summed E-state index contributed by atoms with van der Waals surface area (Å²) in [7, 11) is 0. The van der Waals surface area contributed by atoms with Crippen molar-refractivity contribution in [2.24, 2.45) is 0 Å². The van der Waals surface area contributed by atoms with Crippen LogP contribution in [0.25, 0.3) is 0 Å². The molecule has 1 unspecified atom stereocenters. The van der Waals surface area contributed by atoms with Crippen molar-refractivity contribution in [3.63, 3.8) is 0 Å². The highest BCUT2D eigenvalue weighted by molar-refractivity contribution is 5.26. The van der Waals surface area contributed by atoms with E-state index >= 15 is 0 Å². The molecule has 2 nitrogen and oxygen atoms in total. The lowest BCUT2D eigenvalue weighted by Crippen LogP contribution is -2.29. The van der Waals surface area contributed by atoms with Crippen molar-refractivity contribution in [1.82, 2.24) is 5.32 Å². The molecule has 0 saturated carbocycles. The van der Waals surface area contributed by atoms with Gasteiger partial charge in [0.15, 0.2) is 0 Å². The summed E-state index contributed by atoms with van der Waals surface area (Å²) < 4.78 is 35.8. The lowest BCUT2D eigenvalue weighted by atomic mass is 10.1. The Morgan fingerprint density at radius 1 is 1.16 bits per heavy atom. The number of hydrogen-bond acceptors (Lipinski definition) is 2. The van der Waals surface area contributed by atoms with Gasteiger partial charge in [-0.3, -0.25) is 0 Å². The van der Waals surface area contributed by atoms with E-state index in [-0.39, 0.29) is 18.2 Å². The Labute approximate surface area is 111 Å². The molecule has 1 rings (SSSR count). The molecule has 0 heterocycles. The highest BCUT2D eigenvalue weighted by Gasteiger charge is 2.25. The lowest BCUT2D eigenvalue weighted by molar-refractivity contribution is -0.135. The van der Waals surface area contributed by atoms with Crippen molar-refractivity contribution in [3.8, 4) is 5.75 Å². The first-order valence-corrected chi connectivity index (χ1v) is 6.45. The summed E-state index contributed by atoms with van der Waals surface area (Å²) in [5, 5.41) is 12.4. The number of phenolic OH excluding ortho intramolecular Hbond substituents is 1. The fourth-order valence-corrected chi connectivity index (χ4v) is 1.86. The third-order valence-corrected chi connectivity index (χ3v) is 2.86. The van der Waals surface area contributed by atoms with Crippen LogP contribution in [-0.2, 0) is 6.42 Å². The fraction of sp³-hybridized carbons (Fsp3) is 0.571. The molecule has 0 aliphatic heterocycles. The Hall–Kier alpha value is -1.23. The van der Waals surface area contributed by atoms with Crippen LogP contribution < -0.4 is 5.32 Å². The normalized spacial score (nSPS) is 13.5. The van der Waals surface area contributed by atoms with Gasteiger partial charge in [0.2, 0.25) is 0 Å². The third-order valence-electron chi connectivity index (χ3n) is 2.86. The van der Waals surface area contributed by atoms with Crippen LogP contribution in [0.15, 0.2) is 24.3 Å². The second kappa shape index (κ2) is 7.38. The molecule has 1 atom stereocenters. The van der Waals surface area contributed by atoms with Crippen LogP contribution in [0.5, 0.6) is 5.75 Å². The topological polar surface area (TPSA) is 32.3 Å². The van der Waals surface area contributed by atoms with Crippen LogP contribution in [0, 0.1) is 0 Å². The van der Waals surface area contributed by atoms with Crippen molar-refractivity contribution in [3.05, 3.63) is 29.8 Å². The lowest BCUT2D eigenvalue weighted by Gasteiger charge is -2.14. The number of hydrogen-bond donors (Lipinski definition) is 2. The van der Waals surface area contributed by atoms with Gasteiger partial charge in [0, 0.05) is 12.5 Å². The van der Waals surface area contributed by atoms with Crippen LogP contribution in [0.4, 0.5) is 13.2 Å². The fourth-order valence-electron chi connectivity index (χ4n) is 1.86. The number of unbranched alkanes of at least 4 members (excludes halogenated alkanes) is 1.